The van der Waals surface area contributed by atoms with E-state index in [4.69, 9.17) is 21.0 Å². The molecule has 0 fully saturated rings. The molecule has 33 heavy (non-hydrogen) atoms. The fourth-order valence-corrected chi connectivity index (χ4v) is 6.01. The third kappa shape index (κ3) is 5.08. The molecule has 0 saturated heterocycles. The summed E-state index contributed by atoms with van der Waals surface area (Å²) >= 11 is -2.67. The van der Waals surface area contributed by atoms with Crippen molar-refractivity contribution in [2.24, 2.45) is 0 Å². The largest absolute Gasteiger partial charge is 1.09 e. The minimum Gasteiger partial charge on any atom is -0.587 e. The molecule has 5 aromatic rings. The number of para-hydroxylation sites is 2. The predicted molar refractivity (Wildman–Crippen MR) is 133 cm³/mol. The number of hydrogen-bond acceptors (Lipinski definition) is 5. The summed E-state index contributed by atoms with van der Waals surface area (Å²) in [7, 11) is 0.108. The number of benzene rings is 3. The van der Waals surface area contributed by atoms with Gasteiger partial charge in [0.1, 0.15) is 22.5 Å². The van der Waals surface area contributed by atoms with Crippen molar-refractivity contribution in [2.45, 2.75) is 13.8 Å². The molecule has 0 aliphatic carbocycles. The summed E-state index contributed by atoms with van der Waals surface area (Å²) in [5.41, 5.74) is 3.46. The van der Waals surface area contributed by atoms with Gasteiger partial charge in [0.15, 0.2) is 0 Å². The molecule has 2 heterocycles. The molecule has 3 aromatic carbocycles. The highest BCUT2D eigenvalue weighted by atomic mass is 28.2. The van der Waals surface area contributed by atoms with Gasteiger partial charge in [-0.1, -0.05) is 66.7 Å². The summed E-state index contributed by atoms with van der Waals surface area (Å²) in [5.74, 6) is 1.32. The Balaban J connectivity index is 1.49. The lowest BCUT2D eigenvalue weighted by molar-refractivity contribution is 0.319. The lowest BCUT2D eigenvalue weighted by atomic mass is 10.2. The van der Waals surface area contributed by atoms with E-state index in [1.165, 1.54) is 0 Å². The second-order valence-electron chi connectivity index (χ2n) is 7.67. The third-order valence-corrected chi connectivity index (χ3v) is 7.84. The van der Waals surface area contributed by atoms with Crippen LogP contribution in [0.5, 0.6) is 11.5 Å². The first-order valence-corrected chi connectivity index (χ1v) is 13.0. The van der Waals surface area contributed by atoms with Crippen LogP contribution in [0, 0.1) is 13.8 Å². The van der Waals surface area contributed by atoms with Crippen LogP contribution in [0.3, 0.4) is 0 Å². The van der Waals surface area contributed by atoms with Crippen LogP contribution in [-0.2, 0) is 3.48 Å². The highest BCUT2D eigenvalue weighted by molar-refractivity contribution is 6.57. The Hall–Kier alpha value is -3.21. The van der Waals surface area contributed by atoms with E-state index >= 15 is 0 Å². The molecule has 0 spiro atoms. The third-order valence-electron chi connectivity index (χ3n) is 5.14. The van der Waals surface area contributed by atoms with Gasteiger partial charge in [0.25, 0.3) is 0 Å². The average Bonchev–Trinajstić information content (AvgIpc) is 2.84. The molecular weight excluding hydrogens is 443 g/mol. The maximum Gasteiger partial charge on any atom is 1.09 e. The molecule has 0 atom stereocenters. The number of rotatable bonds is 7. The molecule has 0 amide bonds. The van der Waals surface area contributed by atoms with Crippen LogP contribution in [0.1, 0.15) is 11.4 Å². The Bertz CT molecular complexity index is 1330. The maximum atomic E-state index is 6.40. The summed E-state index contributed by atoms with van der Waals surface area (Å²) in [5, 5.41) is 3.11. The van der Waals surface area contributed by atoms with Crippen LogP contribution in [-0.4, -0.2) is 34.9 Å². The summed E-state index contributed by atoms with van der Waals surface area (Å²) in [6.07, 6.45) is 0. The quantitative estimate of drug-likeness (QED) is 0.324. The molecular formula is C26H21AlN2O3Si. The molecule has 5 nitrogen and oxygen atoms in total. The van der Waals surface area contributed by atoms with Crippen molar-refractivity contribution in [3.8, 4) is 11.5 Å². The monoisotopic (exact) mass is 464 g/mol. The number of aryl methyl sites for hydroxylation is 2. The predicted octanol–water partition coefficient (Wildman–Crippen LogP) is 4.80. The van der Waals surface area contributed by atoms with Crippen molar-refractivity contribution in [1.82, 2.24) is 9.97 Å². The normalized spacial score (nSPS) is 11.0. The van der Waals surface area contributed by atoms with Crippen LogP contribution in [0.2, 0.25) is 0 Å². The summed E-state index contributed by atoms with van der Waals surface area (Å²) in [6, 6.07) is 29.9. The van der Waals surface area contributed by atoms with E-state index in [0.717, 1.165) is 38.4 Å². The first-order chi connectivity index (χ1) is 16.2. The fourth-order valence-electron chi connectivity index (χ4n) is 3.53. The zero-order valence-corrected chi connectivity index (χ0v) is 20.5. The Kier molecular flexibility index (Phi) is 6.38. The Labute approximate surface area is 200 Å². The number of fused-ring (bicyclic) bond motifs is 2. The molecule has 0 N–H and O–H groups in total. The minimum absolute atomic E-state index is 0.108. The van der Waals surface area contributed by atoms with Crippen LogP contribution in [0.4, 0.5) is 0 Å². The lowest BCUT2D eigenvalue weighted by Crippen LogP contribution is -2.38. The summed E-state index contributed by atoms with van der Waals surface area (Å²) < 4.78 is 19.1. The molecule has 5 rings (SSSR count). The van der Waals surface area contributed by atoms with Crippen LogP contribution in [0.15, 0.2) is 91.0 Å². The topological polar surface area (TPSA) is 53.5 Å². The Morgan fingerprint density at radius 1 is 0.606 bits per heavy atom. The molecule has 7 heteroatoms. The van der Waals surface area contributed by atoms with E-state index in [9.17, 15) is 0 Å². The first-order valence-electron chi connectivity index (χ1n) is 10.7. The summed E-state index contributed by atoms with van der Waals surface area (Å²) in [4.78, 5) is 9.38. The molecule has 160 valence electrons. The molecule has 0 unspecified atom stereocenters. The second kappa shape index (κ2) is 9.73. The molecule has 0 bridgehead atoms. The van der Waals surface area contributed by atoms with Crippen molar-refractivity contribution in [3.63, 3.8) is 0 Å². The Morgan fingerprint density at radius 3 is 1.70 bits per heavy atom. The van der Waals surface area contributed by atoms with Gasteiger partial charge in [0, 0.05) is 22.2 Å². The van der Waals surface area contributed by atoms with Gasteiger partial charge in [0.05, 0.1) is 0 Å². The standard InChI is InChI=1S/2C10H9NO.C6H5OSi.Al/c2*1-7-5-6-8-3-2-4-9(12)10(8)11-7;7-8-6-4-2-1-3-5-6;/h2*2-6,12H,1H3;1-5H;/q;;-1;+3/p-2. The van der Waals surface area contributed by atoms with Crippen molar-refractivity contribution in [1.29, 1.82) is 0 Å². The van der Waals surface area contributed by atoms with Crippen molar-refractivity contribution >= 4 is 51.9 Å². The molecule has 0 aliphatic heterocycles. The highest BCUT2D eigenvalue weighted by Crippen LogP contribution is 2.27. The van der Waals surface area contributed by atoms with E-state index in [1.54, 1.807) is 0 Å². The van der Waals surface area contributed by atoms with Gasteiger partial charge in [-0.2, -0.15) is 0 Å². The number of pyridine rings is 2. The van der Waals surface area contributed by atoms with Crippen molar-refractivity contribution in [2.75, 3.05) is 0 Å². The number of nitrogens with zero attached hydrogens (tertiary/aromatic N) is 2. The average molecular weight is 465 g/mol. The van der Waals surface area contributed by atoms with E-state index < -0.39 is 15.1 Å². The van der Waals surface area contributed by atoms with Crippen LogP contribution in [0.25, 0.3) is 21.8 Å². The molecule has 2 radical (unpaired) electrons. The smallest absolute Gasteiger partial charge is 0.587 e. The van der Waals surface area contributed by atoms with Crippen LogP contribution < -0.4 is 12.8 Å². The van der Waals surface area contributed by atoms with Crippen LogP contribution >= 0.6 is 0 Å². The number of aromatic nitrogens is 2. The van der Waals surface area contributed by atoms with E-state index in [2.05, 4.69) is 0 Å². The number of hydrogen-bond donors (Lipinski definition) is 0. The van der Waals surface area contributed by atoms with Crippen molar-refractivity contribution in [3.05, 3.63) is 102 Å². The zero-order valence-electron chi connectivity index (χ0n) is 18.4. The molecule has 2 aromatic heterocycles. The fraction of sp³-hybridized carbons (Fsp3) is 0.0769. The van der Waals surface area contributed by atoms with Gasteiger partial charge >= 0.3 is 15.1 Å². The highest BCUT2D eigenvalue weighted by Gasteiger charge is 2.40. The van der Waals surface area contributed by atoms with Gasteiger partial charge < -0.3 is 11.1 Å². The first kappa shape index (κ1) is 21.6. The minimum atomic E-state index is -2.67. The van der Waals surface area contributed by atoms with Gasteiger partial charge in [0.2, 0.25) is 9.76 Å². The van der Waals surface area contributed by atoms with E-state index in [-0.39, 0.29) is 9.76 Å². The van der Waals surface area contributed by atoms with Crippen molar-refractivity contribution < 1.29 is 11.1 Å². The van der Waals surface area contributed by atoms with Gasteiger partial charge in [-0.25, -0.2) is 9.97 Å². The zero-order chi connectivity index (χ0) is 22.6. The lowest BCUT2D eigenvalue weighted by Gasteiger charge is -2.18. The van der Waals surface area contributed by atoms with Gasteiger partial charge in [-0.3, -0.25) is 0 Å². The maximum absolute atomic E-state index is 6.40. The van der Waals surface area contributed by atoms with E-state index in [1.807, 2.05) is 105 Å². The Morgan fingerprint density at radius 2 is 1.15 bits per heavy atom. The second-order valence-corrected chi connectivity index (χ2v) is 10.4. The SMILES string of the molecule is Cc1ccc2cccc([O][Al]([O][Si]c3ccccc3)[O]c3cccc4ccc(C)nc34)c2n1. The van der Waals surface area contributed by atoms with Gasteiger partial charge in [-0.15, -0.1) is 0 Å². The molecule has 0 aliphatic rings. The summed E-state index contributed by atoms with van der Waals surface area (Å²) in [6.45, 7) is 3.94. The molecule has 0 saturated carbocycles. The van der Waals surface area contributed by atoms with Gasteiger partial charge in [-0.05, 0) is 43.3 Å². The van der Waals surface area contributed by atoms with E-state index in [0.29, 0.717) is 11.5 Å².